The molecule has 144 valence electrons. The largest absolute Gasteiger partial charge is 0.399 e. The van der Waals surface area contributed by atoms with E-state index in [1.807, 2.05) is 6.92 Å². The highest BCUT2D eigenvalue weighted by Crippen LogP contribution is 2.23. The number of nitrogens with one attached hydrogen (secondary N) is 1. The number of amides is 1. The van der Waals surface area contributed by atoms with Crippen molar-refractivity contribution in [3.63, 3.8) is 0 Å². The third-order valence-corrected chi connectivity index (χ3v) is 6.85. The number of aryl methyl sites for hydroxylation is 1. The lowest BCUT2D eigenvalue weighted by Crippen LogP contribution is -2.36. The molecule has 1 heterocycles. The van der Waals surface area contributed by atoms with E-state index in [4.69, 9.17) is 5.73 Å². The first-order valence-corrected chi connectivity index (χ1v) is 10.6. The Morgan fingerprint density at radius 1 is 1.11 bits per heavy atom. The number of benzene rings is 2. The molecule has 2 aromatic carbocycles. The molecule has 3 N–H and O–H groups in total. The molecule has 1 aliphatic heterocycles. The van der Waals surface area contributed by atoms with E-state index < -0.39 is 10.0 Å². The number of anilines is 1. The molecule has 0 saturated carbocycles. The minimum absolute atomic E-state index is 0.135. The van der Waals surface area contributed by atoms with Crippen LogP contribution in [0.4, 0.5) is 5.69 Å². The van der Waals surface area contributed by atoms with Gasteiger partial charge in [0.05, 0.1) is 4.90 Å². The van der Waals surface area contributed by atoms with E-state index in [0.717, 1.165) is 24.8 Å². The third kappa shape index (κ3) is 4.31. The Labute approximate surface area is 160 Å². The SMILES string of the molecule is Cc1ccc(N)cc1C(=O)NCc1ccccc1S(=O)(=O)N1CCCCC1. The van der Waals surface area contributed by atoms with E-state index in [1.165, 1.54) is 0 Å². The van der Waals surface area contributed by atoms with E-state index in [-0.39, 0.29) is 17.3 Å². The summed E-state index contributed by atoms with van der Waals surface area (Å²) in [6, 6.07) is 12.0. The first-order chi connectivity index (χ1) is 12.9. The highest BCUT2D eigenvalue weighted by molar-refractivity contribution is 7.89. The molecule has 0 aromatic heterocycles. The maximum Gasteiger partial charge on any atom is 0.251 e. The van der Waals surface area contributed by atoms with E-state index in [1.54, 1.807) is 46.8 Å². The van der Waals surface area contributed by atoms with Gasteiger partial charge in [-0.2, -0.15) is 4.31 Å². The van der Waals surface area contributed by atoms with Crippen LogP contribution in [0, 0.1) is 6.92 Å². The Balaban J connectivity index is 1.80. The molecule has 27 heavy (non-hydrogen) atoms. The van der Waals surface area contributed by atoms with E-state index in [2.05, 4.69) is 5.32 Å². The van der Waals surface area contributed by atoms with Gasteiger partial charge < -0.3 is 11.1 Å². The Morgan fingerprint density at radius 3 is 2.56 bits per heavy atom. The van der Waals surface area contributed by atoms with Crippen LogP contribution in [-0.4, -0.2) is 31.7 Å². The highest BCUT2D eigenvalue weighted by atomic mass is 32.2. The predicted molar refractivity (Wildman–Crippen MR) is 106 cm³/mol. The standard InChI is InChI=1S/C20H25N3O3S/c1-15-9-10-17(21)13-18(15)20(24)22-14-16-7-3-4-8-19(16)27(25,26)23-11-5-2-6-12-23/h3-4,7-10,13H,2,5-6,11-12,14,21H2,1H3,(H,22,24). The van der Waals surface area contributed by atoms with Crippen LogP contribution in [0.3, 0.4) is 0 Å². The van der Waals surface area contributed by atoms with Crippen LogP contribution in [0.1, 0.15) is 40.7 Å². The summed E-state index contributed by atoms with van der Waals surface area (Å²) < 4.78 is 27.6. The third-order valence-electron chi connectivity index (χ3n) is 4.85. The highest BCUT2D eigenvalue weighted by Gasteiger charge is 2.27. The second-order valence-electron chi connectivity index (χ2n) is 6.83. The Kier molecular flexibility index (Phi) is 5.82. The van der Waals surface area contributed by atoms with Gasteiger partial charge in [-0.15, -0.1) is 0 Å². The van der Waals surface area contributed by atoms with Gasteiger partial charge >= 0.3 is 0 Å². The Bertz CT molecular complexity index is 935. The molecule has 1 fully saturated rings. The van der Waals surface area contributed by atoms with Gasteiger partial charge in [-0.3, -0.25) is 4.79 Å². The van der Waals surface area contributed by atoms with Crippen molar-refractivity contribution in [1.82, 2.24) is 9.62 Å². The predicted octanol–water partition coefficient (Wildman–Crippen LogP) is 2.68. The quantitative estimate of drug-likeness (QED) is 0.772. The summed E-state index contributed by atoms with van der Waals surface area (Å²) in [4.78, 5) is 12.8. The lowest BCUT2D eigenvalue weighted by molar-refractivity contribution is 0.0950. The molecule has 6 nitrogen and oxygen atoms in total. The minimum Gasteiger partial charge on any atom is -0.399 e. The first kappa shape index (κ1) is 19.4. The fourth-order valence-corrected chi connectivity index (χ4v) is 5.04. The summed E-state index contributed by atoms with van der Waals surface area (Å²) in [6.45, 7) is 3.07. The van der Waals surface area contributed by atoms with Crippen LogP contribution in [0.5, 0.6) is 0 Å². The molecule has 0 aliphatic carbocycles. The van der Waals surface area contributed by atoms with E-state index in [0.29, 0.717) is 29.9 Å². The van der Waals surface area contributed by atoms with Crippen LogP contribution in [-0.2, 0) is 16.6 Å². The number of carbonyl (C=O) groups is 1. The lowest BCUT2D eigenvalue weighted by atomic mass is 10.1. The zero-order valence-electron chi connectivity index (χ0n) is 15.4. The molecule has 0 atom stereocenters. The fraction of sp³-hybridized carbons (Fsp3) is 0.350. The number of rotatable bonds is 5. The second kappa shape index (κ2) is 8.10. The van der Waals surface area contributed by atoms with Crippen LogP contribution in [0.25, 0.3) is 0 Å². The molecule has 2 aromatic rings. The van der Waals surface area contributed by atoms with Crippen molar-refractivity contribution in [3.8, 4) is 0 Å². The number of nitrogens with two attached hydrogens (primary N) is 1. The monoisotopic (exact) mass is 387 g/mol. The molecular weight excluding hydrogens is 362 g/mol. The smallest absolute Gasteiger partial charge is 0.251 e. The molecule has 0 radical (unpaired) electrons. The molecule has 0 unspecified atom stereocenters. The molecule has 7 heteroatoms. The molecule has 1 saturated heterocycles. The summed E-state index contributed by atoms with van der Waals surface area (Å²) >= 11 is 0. The topological polar surface area (TPSA) is 92.5 Å². The van der Waals surface area contributed by atoms with Gasteiger partial charge in [0.1, 0.15) is 0 Å². The molecule has 0 spiro atoms. The molecule has 1 amide bonds. The van der Waals surface area contributed by atoms with Gasteiger partial charge in [-0.25, -0.2) is 8.42 Å². The van der Waals surface area contributed by atoms with Crippen molar-refractivity contribution in [3.05, 3.63) is 59.2 Å². The number of sulfonamides is 1. The molecule has 1 aliphatic rings. The Morgan fingerprint density at radius 2 is 1.81 bits per heavy atom. The number of piperidine rings is 1. The van der Waals surface area contributed by atoms with Gasteiger partial charge in [0.15, 0.2) is 0 Å². The number of hydrogen-bond acceptors (Lipinski definition) is 4. The van der Waals surface area contributed by atoms with Crippen molar-refractivity contribution >= 4 is 21.6 Å². The van der Waals surface area contributed by atoms with Gasteiger partial charge in [0.25, 0.3) is 5.91 Å². The average molecular weight is 388 g/mol. The summed E-state index contributed by atoms with van der Waals surface area (Å²) in [7, 11) is -3.56. The van der Waals surface area contributed by atoms with Crippen LogP contribution >= 0.6 is 0 Å². The van der Waals surface area contributed by atoms with Crippen molar-refractivity contribution in [2.45, 2.75) is 37.6 Å². The maximum atomic E-state index is 13.0. The van der Waals surface area contributed by atoms with Crippen LogP contribution in [0.2, 0.25) is 0 Å². The van der Waals surface area contributed by atoms with Gasteiger partial charge in [-0.05, 0) is 49.1 Å². The van der Waals surface area contributed by atoms with Gasteiger partial charge in [-0.1, -0.05) is 30.7 Å². The number of hydrogen-bond donors (Lipinski definition) is 2. The minimum atomic E-state index is -3.56. The summed E-state index contributed by atoms with van der Waals surface area (Å²) in [5.74, 6) is -0.273. The molecule has 3 rings (SSSR count). The zero-order valence-corrected chi connectivity index (χ0v) is 16.3. The number of nitrogens with zero attached hydrogens (tertiary/aromatic N) is 1. The zero-order chi connectivity index (χ0) is 19.4. The van der Waals surface area contributed by atoms with Crippen LogP contribution in [0.15, 0.2) is 47.4 Å². The second-order valence-corrected chi connectivity index (χ2v) is 8.74. The maximum absolute atomic E-state index is 13.0. The average Bonchev–Trinajstić information content (AvgIpc) is 2.69. The first-order valence-electron chi connectivity index (χ1n) is 9.12. The van der Waals surface area contributed by atoms with Gasteiger partial charge in [0.2, 0.25) is 10.0 Å². The summed E-state index contributed by atoms with van der Waals surface area (Å²) in [5, 5.41) is 2.82. The van der Waals surface area contributed by atoms with Crippen LogP contribution < -0.4 is 11.1 Å². The van der Waals surface area contributed by atoms with E-state index >= 15 is 0 Å². The normalized spacial score (nSPS) is 15.4. The molecule has 0 bridgehead atoms. The van der Waals surface area contributed by atoms with Crippen molar-refractivity contribution in [2.24, 2.45) is 0 Å². The molecular formula is C20H25N3O3S. The fourth-order valence-electron chi connectivity index (χ4n) is 3.30. The van der Waals surface area contributed by atoms with Crippen molar-refractivity contribution < 1.29 is 13.2 Å². The van der Waals surface area contributed by atoms with Gasteiger partial charge in [0, 0.05) is 30.9 Å². The van der Waals surface area contributed by atoms with Crippen molar-refractivity contribution in [1.29, 1.82) is 0 Å². The number of carbonyl (C=O) groups excluding carboxylic acids is 1. The van der Waals surface area contributed by atoms with Crippen molar-refractivity contribution in [2.75, 3.05) is 18.8 Å². The summed E-state index contributed by atoms with van der Waals surface area (Å²) in [6.07, 6.45) is 2.82. The lowest BCUT2D eigenvalue weighted by Gasteiger charge is -2.26. The van der Waals surface area contributed by atoms with E-state index in [9.17, 15) is 13.2 Å². The Hall–Kier alpha value is -2.38. The summed E-state index contributed by atoms with van der Waals surface area (Å²) in [5.41, 5.74) is 8.17. The number of nitrogen functional groups attached to an aromatic ring is 1.